The topological polar surface area (TPSA) is 50.8 Å². The lowest BCUT2D eigenvalue weighted by Gasteiger charge is -2.26. The molecule has 114 valence electrons. The van der Waals surface area contributed by atoms with Crippen LogP contribution in [0, 0.1) is 0 Å². The lowest BCUT2D eigenvalue weighted by atomic mass is 10.1. The van der Waals surface area contributed by atoms with E-state index in [4.69, 9.17) is 9.47 Å². The van der Waals surface area contributed by atoms with E-state index >= 15 is 0 Å². The molecule has 2 aliphatic heterocycles. The van der Waals surface area contributed by atoms with E-state index in [0.717, 1.165) is 43.0 Å². The Bertz CT molecular complexity index is 498. The maximum atomic E-state index is 12.0. The quantitative estimate of drug-likeness (QED) is 0.842. The molecule has 1 N–H and O–H groups in total. The zero-order valence-electron chi connectivity index (χ0n) is 12.3. The Balaban J connectivity index is 1.42. The Kier molecular flexibility index (Phi) is 4.60. The van der Waals surface area contributed by atoms with Gasteiger partial charge in [0.15, 0.2) is 11.5 Å². The zero-order chi connectivity index (χ0) is 14.5. The van der Waals surface area contributed by atoms with Gasteiger partial charge in [-0.25, -0.2) is 0 Å². The molecule has 3 rings (SSSR count). The first-order valence-electron chi connectivity index (χ1n) is 7.70. The first kappa shape index (κ1) is 14.2. The number of amides is 1. The maximum Gasteiger partial charge on any atom is 0.231 e. The van der Waals surface area contributed by atoms with Crippen molar-refractivity contribution >= 4 is 5.91 Å². The van der Waals surface area contributed by atoms with Crippen molar-refractivity contribution in [1.82, 2.24) is 10.2 Å². The van der Waals surface area contributed by atoms with Crippen LogP contribution in [0.15, 0.2) is 18.2 Å². The molecule has 21 heavy (non-hydrogen) atoms. The highest BCUT2D eigenvalue weighted by molar-refractivity contribution is 5.76. The monoisotopic (exact) mass is 290 g/mol. The number of piperidine rings is 1. The summed E-state index contributed by atoms with van der Waals surface area (Å²) < 4.78 is 10.8. The summed E-state index contributed by atoms with van der Waals surface area (Å²) in [6, 6.07) is 5.89. The minimum atomic E-state index is 0.264. The number of carbonyl (C=O) groups excluding carboxylic acids is 1. The van der Waals surface area contributed by atoms with Gasteiger partial charge in [-0.2, -0.15) is 0 Å². The molecule has 0 radical (unpaired) electrons. The second-order valence-corrected chi connectivity index (χ2v) is 5.52. The molecule has 0 atom stereocenters. The lowest BCUT2D eigenvalue weighted by molar-refractivity contribution is -0.131. The average Bonchev–Trinajstić information content (AvgIpc) is 3.01. The molecule has 5 heteroatoms. The van der Waals surface area contributed by atoms with Crippen LogP contribution in [0.1, 0.15) is 31.2 Å². The largest absolute Gasteiger partial charge is 0.454 e. The summed E-state index contributed by atoms with van der Waals surface area (Å²) in [5, 5.41) is 3.32. The Labute approximate surface area is 125 Å². The van der Waals surface area contributed by atoms with E-state index in [9.17, 15) is 4.79 Å². The summed E-state index contributed by atoms with van der Waals surface area (Å²) in [5.41, 5.74) is 1.08. The fourth-order valence-corrected chi connectivity index (χ4v) is 2.85. The number of carbonyl (C=O) groups is 1. The molecule has 2 heterocycles. The molecule has 0 aliphatic carbocycles. The lowest BCUT2D eigenvalue weighted by Crippen LogP contribution is -2.37. The van der Waals surface area contributed by atoms with Crippen LogP contribution in [0.5, 0.6) is 11.5 Å². The number of para-hydroxylation sites is 1. The maximum absolute atomic E-state index is 12.0. The average molecular weight is 290 g/mol. The minimum absolute atomic E-state index is 0.264. The SMILES string of the molecule is O=C(CCNCc1cccc2c1OCO2)N1CCCCC1. The van der Waals surface area contributed by atoms with Gasteiger partial charge in [-0.1, -0.05) is 12.1 Å². The molecule has 0 bridgehead atoms. The van der Waals surface area contributed by atoms with Crippen LogP contribution in [-0.2, 0) is 11.3 Å². The number of likely N-dealkylation sites (tertiary alicyclic amines) is 1. The summed E-state index contributed by atoms with van der Waals surface area (Å²) >= 11 is 0. The summed E-state index contributed by atoms with van der Waals surface area (Å²) in [5.74, 6) is 1.89. The molecule has 1 saturated heterocycles. The van der Waals surface area contributed by atoms with E-state index in [0.29, 0.717) is 26.3 Å². The van der Waals surface area contributed by atoms with Crippen molar-refractivity contribution in [2.75, 3.05) is 26.4 Å². The molecule has 1 amide bonds. The second-order valence-electron chi connectivity index (χ2n) is 5.52. The highest BCUT2D eigenvalue weighted by Gasteiger charge is 2.18. The number of rotatable bonds is 5. The van der Waals surface area contributed by atoms with Gasteiger partial charge in [0.1, 0.15) is 0 Å². The molecule has 0 aromatic heterocycles. The first-order chi connectivity index (χ1) is 10.3. The zero-order valence-corrected chi connectivity index (χ0v) is 12.3. The number of benzene rings is 1. The van der Waals surface area contributed by atoms with Crippen LogP contribution in [0.4, 0.5) is 0 Å². The Hall–Kier alpha value is -1.75. The van der Waals surface area contributed by atoms with Crippen molar-refractivity contribution in [2.24, 2.45) is 0 Å². The molecule has 1 aromatic rings. The number of hydrogen-bond acceptors (Lipinski definition) is 4. The summed E-state index contributed by atoms with van der Waals surface area (Å²) in [6.45, 7) is 3.53. The van der Waals surface area contributed by atoms with Gasteiger partial charge in [0.2, 0.25) is 12.7 Å². The summed E-state index contributed by atoms with van der Waals surface area (Å²) in [4.78, 5) is 14.0. The van der Waals surface area contributed by atoms with Crippen LogP contribution in [-0.4, -0.2) is 37.2 Å². The predicted molar refractivity (Wildman–Crippen MR) is 79.3 cm³/mol. The molecular weight excluding hydrogens is 268 g/mol. The van der Waals surface area contributed by atoms with Crippen molar-refractivity contribution in [3.63, 3.8) is 0 Å². The third-order valence-electron chi connectivity index (χ3n) is 4.02. The van der Waals surface area contributed by atoms with Crippen molar-refractivity contribution in [1.29, 1.82) is 0 Å². The molecule has 2 aliphatic rings. The summed E-state index contributed by atoms with van der Waals surface area (Å²) in [6.07, 6.45) is 4.11. The Morgan fingerprint density at radius 3 is 2.90 bits per heavy atom. The van der Waals surface area contributed by atoms with Gasteiger partial charge in [0.25, 0.3) is 0 Å². The fraction of sp³-hybridized carbons (Fsp3) is 0.562. The number of nitrogens with zero attached hydrogens (tertiary/aromatic N) is 1. The number of nitrogens with one attached hydrogen (secondary N) is 1. The van der Waals surface area contributed by atoms with Crippen LogP contribution in [0.3, 0.4) is 0 Å². The normalized spacial score (nSPS) is 17.0. The van der Waals surface area contributed by atoms with Crippen LogP contribution in [0.25, 0.3) is 0 Å². The van der Waals surface area contributed by atoms with Crippen LogP contribution >= 0.6 is 0 Å². The third kappa shape index (κ3) is 3.47. The highest BCUT2D eigenvalue weighted by atomic mass is 16.7. The van der Waals surface area contributed by atoms with E-state index in [1.807, 2.05) is 23.1 Å². The van der Waals surface area contributed by atoms with E-state index in [-0.39, 0.29) is 5.91 Å². The van der Waals surface area contributed by atoms with Gasteiger partial charge in [-0.05, 0) is 25.3 Å². The second kappa shape index (κ2) is 6.80. The van der Waals surface area contributed by atoms with Gasteiger partial charge in [0.05, 0.1) is 0 Å². The highest BCUT2D eigenvalue weighted by Crippen LogP contribution is 2.35. The fourth-order valence-electron chi connectivity index (χ4n) is 2.85. The van der Waals surface area contributed by atoms with Crippen molar-refractivity contribution in [2.45, 2.75) is 32.2 Å². The van der Waals surface area contributed by atoms with Crippen molar-refractivity contribution in [3.05, 3.63) is 23.8 Å². The van der Waals surface area contributed by atoms with E-state index in [2.05, 4.69) is 5.32 Å². The van der Waals surface area contributed by atoms with Gasteiger partial charge < -0.3 is 19.7 Å². The van der Waals surface area contributed by atoms with Gasteiger partial charge in [0, 0.05) is 38.2 Å². The number of hydrogen-bond donors (Lipinski definition) is 1. The van der Waals surface area contributed by atoms with E-state index in [1.54, 1.807) is 0 Å². The molecule has 0 saturated carbocycles. The molecule has 1 fully saturated rings. The minimum Gasteiger partial charge on any atom is -0.454 e. The summed E-state index contributed by atoms with van der Waals surface area (Å²) in [7, 11) is 0. The standard InChI is InChI=1S/C16H22N2O3/c19-15(18-9-2-1-3-10-18)7-8-17-11-13-5-4-6-14-16(13)21-12-20-14/h4-6,17H,1-3,7-12H2. The number of fused-ring (bicyclic) bond motifs is 1. The smallest absolute Gasteiger partial charge is 0.231 e. The van der Waals surface area contributed by atoms with Gasteiger partial charge >= 0.3 is 0 Å². The Morgan fingerprint density at radius 1 is 1.19 bits per heavy atom. The van der Waals surface area contributed by atoms with Crippen molar-refractivity contribution in [3.8, 4) is 11.5 Å². The molecule has 0 unspecified atom stereocenters. The van der Waals surface area contributed by atoms with Crippen LogP contribution < -0.4 is 14.8 Å². The predicted octanol–water partition coefficient (Wildman–Crippen LogP) is 1.91. The molecular formula is C16H22N2O3. The molecule has 1 aromatic carbocycles. The number of ether oxygens (including phenoxy) is 2. The van der Waals surface area contributed by atoms with E-state index in [1.165, 1.54) is 6.42 Å². The first-order valence-corrected chi connectivity index (χ1v) is 7.70. The molecule has 5 nitrogen and oxygen atoms in total. The third-order valence-corrected chi connectivity index (χ3v) is 4.02. The Morgan fingerprint density at radius 2 is 2.05 bits per heavy atom. The molecule has 0 spiro atoms. The van der Waals surface area contributed by atoms with E-state index < -0.39 is 0 Å². The van der Waals surface area contributed by atoms with Crippen LogP contribution in [0.2, 0.25) is 0 Å². The van der Waals surface area contributed by atoms with Gasteiger partial charge in [-0.3, -0.25) is 4.79 Å². The van der Waals surface area contributed by atoms with Gasteiger partial charge in [-0.15, -0.1) is 0 Å². The van der Waals surface area contributed by atoms with Crippen molar-refractivity contribution < 1.29 is 14.3 Å².